The van der Waals surface area contributed by atoms with Gasteiger partial charge in [0.2, 0.25) is 11.5 Å². The molecule has 1 aliphatic carbocycles. The van der Waals surface area contributed by atoms with Crippen molar-refractivity contribution in [3.63, 3.8) is 0 Å². The zero-order valence-corrected chi connectivity index (χ0v) is 19.1. The van der Waals surface area contributed by atoms with Gasteiger partial charge < -0.3 is 18.7 Å². The van der Waals surface area contributed by atoms with Gasteiger partial charge in [-0.1, -0.05) is 41.9 Å². The van der Waals surface area contributed by atoms with Gasteiger partial charge in [-0.05, 0) is 42.8 Å². The highest BCUT2D eigenvalue weighted by atomic mass is 35.5. The van der Waals surface area contributed by atoms with E-state index in [1.807, 2.05) is 30.3 Å². The van der Waals surface area contributed by atoms with Crippen molar-refractivity contribution < 1.29 is 28.3 Å². The van der Waals surface area contributed by atoms with Gasteiger partial charge in [-0.15, -0.1) is 0 Å². The van der Waals surface area contributed by atoms with Crippen molar-refractivity contribution in [2.45, 2.75) is 31.3 Å². The van der Waals surface area contributed by atoms with E-state index in [0.29, 0.717) is 12.8 Å². The largest absolute Gasteiger partial charge is 0.480 e. The highest BCUT2D eigenvalue weighted by Crippen LogP contribution is 2.48. The number of rotatable bonds is 5. The van der Waals surface area contributed by atoms with Crippen molar-refractivity contribution in [3.05, 3.63) is 57.7 Å². The summed E-state index contributed by atoms with van der Waals surface area (Å²) in [6.45, 7) is 1.75. The lowest BCUT2D eigenvalue weighted by atomic mass is 10.1. The summed E-state index contributed by atoms with van der Waals surface area (Å²) < 4.78 is 20.6. The van der Waals surface area contributed by atoms with E-state index in [9.17, 15) is 14.7 Å². The molecule has 3 heterocycles. The number of fused-ring (bicyclic) bond motifs is 1. The Labute approximate surface area is 201 Å². The number of hydrogen-bond donors (Lipinski definition) is 2. The van der Waals surface area contributed by atoms with Gasteiger partial charge in [0.25, 0.3) is 5.89 Å². The van der Waals surface area contributed by atoms with E-state index in [0.717, 1.165) is 17.1 Å². The molecule has 2 N–H and O–H groups in total. The Morgan fingerprint density at radius 3 is 2.68 bits per heavy atom. The number of nitrogens with one attached hydrogen (secondary N) is 1. The minimum absolute atomic E-state index is 0.0108. The molecule has 12 heteroatoms. The van der Waals surface area contributed by atoms with Gasteiger partial charge in [-0.2, -0.15) is 14.3 Å². The molecular weight excluding hydrogens is 484 g/mol. The molecule has 1 aromatic carbocycles. The second kappa shape index (κ2) is 8.48. The number of carboxylic acids is 1. The van der Waals surface area contributed by atoms with Crippen molar-refractivity contribution in [2.24, 2.45) is 0 Å². The van der Waals surface area contributed by atoms with Crippen LogP contribution in [0.1, 0.15) is 48.9 Å². The molecule has 0 spiro atoms. The average molecular weight is 499 g/mol. The lowest BCUT2D eigenvalue weighted by Gasteiger charge is -2.13. The Morgan fingerprint density at radius 2 is 2.00 bits per heavy atom. The maximum atomic E-state index is 12.4. The fourth-order valence-corrected chi connectivity index (χ4v) is 3.99. The second-order valence-electron chi connectivity index (χ2n) is 7.55. The first-order valence-electron chi connectivity index (χ1n) is 10.1. The van der Waals surface area contributed by atoms with E-state index < -0.39 is 23.6 Å². The second-order valence-corrected chi connectivity index (χ2v) is 8.92. The van der Waals surface area contributed by atoms with Crippen LogP contribution in [-0.2, 0) is 14.9 Å². The number of oxazole rings is 2. The summed E-state index contributed by atoms with van der Waals surface area (Å²) in [5.41, 5.74) is 0.274. The number of anilines is 1. The van der Waals surface area contributed by atoms with E-state index in [-0.39, 0.29) is 38.9 Å². The number of carbonyl (C=O) groups excluding carboxylic acids is 1. The fraction of sp³-hybridized carbons (Fsp3) is 0.227. The van der Waals surface area contributed by atoms with Crippen LogP contribution in [0.15, 0.2) is 39.2 Å². The quantitative estimate of drug-likeness (QED) is 0.373. The van der Waals surface area contributed by atoms with E-state index in [1.54, 1.807) is 6.92 Å². The number of halogens is 1. The van der Waals surface area contributed by atoms with Crippen molar-refractivity contribution in [1.82, 2.24) is 14.3 Å². The molecule has 10 nitrogen and oxygen atoms in total. The van der Waals surface area contributed by atoms with Crippen LogP contribution in [0.5, 0.6) is 0 Å². The molecular formula is C22H15ClN4O6S. The molecule has 0 radical (unpaired) electrons. The Balaban J connectivity index is 1.30. The van der Waals surface area contributed by atoms with Gasteiger partial charge >= 0.3 is 17.8 Å². The zero-order valence-electron chi connectivity index (χ0n) is 17.5. The SMILES string of the molecule is CC(OC(=O)Nc1c(C#Cc2nc3nc(C4(C(=O)O)CC4)oc3o2)nsc1Cl)c1ccccc1. The number of aromatic nitrogens is 3. The van der Waals surface area contributed by atoms with Crippen molar-refractivity contribution >= 4 is 52.3 Å². The predicted octanol–water partition coefficient (Wildman–Crippen LogP) is 4.75. The molecule has 1 amide bonds. The zero-order chi connectivity index (χ0) is 23.9. The van der Waals surface area contributed by atoms with Gasteiger partial charge in [0.15, 0.2) is 5.69 Å². The first kappa shape index (κ1) is 21.9. The summed E-state index contributed by atoms with van der Waals surface area (Å²) >= 11 is 7.12. The van der Waals surface area contributed by atoms with Crippen molar-refractivity contribution in [2.75, 3.05) is 5.32 Å². The van der Waals surface area contributed by atoms with Gasteiger partial charge in [-0.3, -0.25) is 10.1 Å². The molecule has 0 aliphatic heterocycles. The summed E-state index contributed by atoms with van der Waals surface area (Å²) in [6, 6.07) is 9.28. The molecule has 4 aromatic rings. The van der Waals surface area contributed by atoms with Crippen LogP contribution in [0.2, 0.25) is 4.34 Å². The van der Waals surface area contributed by atoms with E-state index in [1.165, 1.54) is 0 Å². The lowest BCUT2D eigenvalue weighted by Crippen LogP contribution is -2.19. The smallest absolute Gasteiger partial charge is 0.412 e. The van der Waals surface area contributed by atoms with E-state index in [2.05, 4.69) is 31.5 Å². The third kappa shape index (κ3) is 4.09. The molecule has 3 aromatic heterocycles. The maximum absolute atomic E-state index is 12.4. The number of aliphatic carboxylic acids is 1. The predicted molar refractivity (Wildman–Crippen MR) is 121 cm³/mol. The highest BCUT2D eigenvalue weighted by molar-refractivity contribution is 7.11. The van der Waals surface area contributed by atoms with Gasteiger partial charge in [0.1, 0.15) is 21.5 Å². The summed E-state index contributed by atoms with van der Waals surface area (Å²) in [4.78, 5) is 32.0. The molecule has 0 saturated heterocycles. The number of nitrogens with zero attached hydrogens (tertiary/aromatic N) is 3. The Morgan fingerprint density at radius 1 is 1.24 bits per heavy atom. The topological polar surface area (TPSA) is 141 Å². The Bertz CT molecular complexity index is 1430. The highest BCUT2D eigenvalue weighted by Gasteiger charge is 2.56. The number of carbonyl (C=O) groups is 2. The average Bonchev–Trinajstić information content (AvgIpc) is 3.26. The minimum atomic E-state index is -1.10. The monoisotopic (exact) mass is 498 g/mol. The fourth-order valence-electron chi connectivity index (χ4n) is 3.20. The molecule has 1 aliphatic rings. The normalized spacial score (nSPS) is 14.8. The van der Waals surface area contributed by atoms with Crippen LogP contribution in [-0.4, -0.2) is 31.5 Å². The molecule has 1 saturated carbocycles. The van der Waals surface area contributed by atoms with Gasteiger partial charge in [0.05, 0.1) is 0 Å². The summed E-state index contributed by atoms with van der Waals surface area (Å²) in [7, 11) is 0. The summed E-state index contributed by atoms with van der Waals surface area (Å²) in [6.07, 6.45) is -0.285. The standard InChI is InChI=1S/C22H15ClN4O6S/c1-11(12-5-3-2-4-6-12)31-21(30)25-15-13(27-34-16(15)23)7-8-14-24-17-18(32-14)33-19(26-17)22(9-10-22)20(28)29/h2-6,11H,9-10H2,1H3,(H,25,30)(H,28,29). The molecule has 1 unspecified atom stereocenters. The third-order valence-electron chi connectivity index (χ3n) is 5.26. The van der Waals surface area contributed by atoms with Gasteiger partial charge in [0, 0.05) is 5.92 Å². The molecule has 172 valence electrons. The number of amides is 1. The molecule has 1 fully saturated rings. The third-order valence-corrected chi connectivity index (χ3v) is 6.30. The molecule has 1 atom stereocenters. The van der Waals surface area contributed by atoms with Crippen LogP contribution in [0, 0.1) is 11.8 Å². The van der Waals surface area contributed by atoms with Gasteiger partial charge in [-0.25, -0.2) is 4.79 Å². The first-order chi connectivity index (χ1) is 16.4. The molecule has 34 heavy (non-hydrogen) atoms. The van der Waals surface area contributed by atoms with E-state index in [4.69, 9.17) is 25.2 Å². The molecule has 5 rings (SSSR count). The summed E-state index contributed by atoms with van der Waals surface area (Å²) in [5.74, 6) is 4.47. The van der Waals surface area contributed by atoms with Crippen LogP contribution < -0.4 is 5.32 Å². The maximum Gasteiger partial charge on any atom is 0.412 e. The van der Waals surface area contributed by atoms with Crippen LogP contribution >= 0.6 is 23.1 Å². The lowest BCUT2D eigenvalue weighted by molar-refractivity contribution is -0.140. The van der Waals surface area contributed by atoms with Crippen molar-refractivity contribution in [3.8, 4) is 11.8 Å². The van der Waals surface area contributed by atoms with E-state index >= 15 is 0 Å². The number of benzene rings is 1. The number of carboxylic acid groups (broad SMARTS) is 1. The Kier molecular flexibility index (Phi) is 5.47. The van der Waals surface area contributed by atoms with Crippen LogP contribution in [0.4, 0.5) is 10.5 Å². The van der Waals surface area contributed by atoms with Crippen molar-refractivity contribution in [1.29, 1.82) is 0 Å². The Hall–Kier alpha value is -3.88. The number of hydrogen-bond acceptors (Lipinski definition) is 9. The number of ether oxygens (including phenoxy) is 1. The van der Waals surface area contributed by atoms with Crippen LogP contribution in [0.3, 0.4) is 0 Å². The molecule has 0 bridgehead atoms. The van der Waals surface area contributed by atoms with Crippen LogP contribution in [0.25, 0.3) is 11.4 Å². The summed E-state index contributed by atoms with van der Waals surface area (Å²) in [5, 5.41) is 11.9. The first-order valence-corrected chi connectivity index (χ1v) is 11.2. The minimum Gasteiger partial charge on any atom is -0.480 e.